The zero-order chi connectivity index (χ0) is 22.1. The number of hydrogen-bond donors (Lipinski definition) is 1. The molecule has 6 heteroatoms. The second kappa shape index (κ2) is 11.9. The smallest absolute Gasteiger partial charge is 0.305 e. The minimum Gasteiger partial charge on any atom is -0.466 e. The molecular weight excluding hydrogens is 382 g/mol. The number of ether oxygens (including phenoxy) is 1. The maximum Gasteiger partial charge on any atom is 0.305 e. The van der Waals surface area contributed by atoms with Gasteiger partial charge in [0.2, 0.25) is 0 Å². The van der Waals surface area contributed by atoms with Gasteiger partial charge in [0.05, 0.1) is 12.2 Å². The van der Waals surface area contributed by atoms with Crippen molar-refractivity contribution in [1.82, 2.24) is 0 Å². The number of cyclic esters (lactones) is 1. The maximum absolute atomic E-state index is 10.5. The van der Waals surface area contributed by atoms with Gasteiger partial charge in [-0.15, -0.1) is 0 Å². The first-order chi connectivity index (χ1) is 12.6. The van der Waals surface area contributed by atoms with Crippen molar-refractivity contribution in [3.63, 3.8) is 0 Å². The SMILES string of the molecule is CC(CCCN)(CC(C)(C)O[Si](C)(C)C)C[Si](C)(C)C.O=C1CCCCCO1. The Morgan fingerprint density at radius 3 is 2.14 bits per heavy atom. The molecule has 1 atom stereocenters. The second-order valence-electron chi connectivity index (χ2n) is 11.6. The van der Waals surface area contributed by atoms with Crippen LogP contribution in [0.5, 0.6) is 0 Å². The minimum atomic E-state index is -1.50. The van der Waals surface area contributed by atoms with Crippen LogP contribution in [0.1, 0.15) is 65.7 Å². The molecule has 0 bridgehead atoms. The van der Waals surface area contributed by atoms with Crippen molar-refractivity contribution in [2.24, 2.45) is 11.1 Å². The lowest BCUT2D eigenvalue weighted by molar-refractivity contribution is -0.142. The van der Waals surface area contributed by atoms with Crippen LogP contribution in [0.25, 0.3) is 0 Å². The van der Waals surface area contributed by atoms with Crippen molar-refractivity contribution in [2.75, 3.05) is 13.2 Å². The molecule has 0 radical (unpaired) electrons. The third-order valence-electron chi connectivity index (χ3n) is 4.66. The predicted octanol–water partition coefficient (Wildman–Crippen LogP) is 6.19. The Bertz CT molecular complexity index is 446. The molecule has 4 nitrogen and oxygen atoms in total. The fourth-order valence-electron chi connectivity index (χ4n) is 4.75. The lowest BCUT2D eigenvalue weighted by atomic mass is 9.78. The predicted molar refractivity (Wildman–Crippen MR) is 127 cm³/mol. The van der Waals surface area contributed by atoms with Crippen molar-refractivity contribution >= 4 is 22.4 Å². The summed E-state index contributed by atoms with van der Waals surface area (Å²) in [5.74, 6) is -0.0255. The minimum absolute atomic E-state index is 0.0204. The van der Waals surface area contributed by atoms with Crippen LogP contribution in [0, 0.1) is 5.41 Å². The van der Waals surface area contributed by atoms with Crippen LogP contribution in [-0.2, 0) is 14.0 Å². The van der Waals surface area contributed by atoms with Crippen LogP contribution in [0.15, 0.2) is 0 Å². The van der Waals surface area contributed by atoms with Gasteiger partial charge in [0, 0.05) is 14.5 Å². The van der Waals surface area contributed by atoms with Crippen molar-refractivity contribution in [3.05, 3.63) is 0 Å². The Balaban J connectivity index is 0.000000749. The van der Waals surface area contributed by atoms with Crippen LogP contribution in [0.2, 0.25) is 45.3 Å². The van der Waals surface area contributed by atoms with E-state index < -0.39 is 16.4 Å². The summed E-state index contributed by atoms with van der Waals surface area (Å²) < 4.78 is 11.2. The summed E-state index contributed by atoms with van der Waals surface area (Å²) in [6.45, 7) is 22.7. The highest BCUT2D eigenvalue weighted by molar-refractivity contribution is 6.76. The summed E-state index contributed by atoms with van der Waals surface area (Å²) >= 11 is 0. The average molecular weight is 432 g/mol. The molecule has 0 aromatic rings. The van der Waals surface area contributed by atoms with Crippen molar-refractivity contribution in [3.8, 4) is 0 Å². The van der Waals surface area contributed by atoms with E-state index in [4.69, 9.17) is 14.9 Å². The highest BCUT2D eigenvalue weighted by atomic mass is 28.4. The first kappa shape index (κ1) is 27.8. The molecule has 0 saturated carbocycles. The molecule has 168 valence electrons. The van der Waals surface area contributed by atoms with E-state index in [0.717, 1.165) is 38.6 Å². The lowest BCUT2D eigenvalue weighted by Crippen LogP contribution is -2.43. The zero-order valence-corrected chi connectivity index (χ0v) is 22.4. The van der Waals surface area contributed by atoms with Gasteiger partial charge in [-0.25, -0.2) is 0 Å². The number of rotatable bonds is 9. The van der Waals surface area contributed by atoms with Crippen molar-refractivity contribution in [2.45, 2.75) is 117 Å². The number of esters is 1. The first-order valence-corrected chi connectivity index (χ1v) is 18.3. The van der Waals surface area contributed by atoms with Crippen molar-refractivity contribution in [1.29, 1.82) is 0 Å². The second-order valence-corrected chi connectivity index (χ2v) is 21.5. The van der Waals surface area contributed by atoms with Crippen LogP contribution < -0.4 is 5.73 Å². The van der Waals surface area contributed by atoms with Crippen LogP contribution in [0.3, 0.4) is 0 Å². The van der Waals surface area contributed by atoms with Gasteiger partial charge in [0.25, 0.3) is 0 Å². The normalized spacial score (nSPS) is 18.4. The van der Waals surface area contributed by atoms with E-state index in [1.807, 2.05) is 0 Å². The van der Waals surface area contributed by atoms with Gasteiger partial charge in [-0.1, -0.05) is 32.6 Å². The van der Waals surface area contributed by atoms with E-state index in [2.05, 4.69) is 60.1 Å². The van der Waals surface area contributed by atoms with Crippen molar-refractivity contribution < 1.29 is 14.0 Å². The number of carbonyl (C=O) groups is 1. The van der Waals surface area contributed by atoms with Gasteiger partial charge in [0.1, 0.15) is 0 Å². The summed E-state index contributed by atoms with van der Waals surface area (Å²) in [5.41, 5.74) is 6.10. The average Bonchev–Trinajstić information content (AvgIpc) is 2.68. The highest BCUT2D eigenvalue weighted by Gasteiger charge is 2.38. The quantitative estimate of drug-likeness (QED) is 0.349. The lowest BCUT2D eigenvalue weighted by Gasteiger charge is -2.43. The maximum atomic E-state index is 10.5. The molecule has 1 saturated heterocycles. The van der Waals surface area contributed by atoms with E-state index in [-0.39, 0.29) is 11.6 Å². The Kier molecular flexibility index (Phi) is 11.8. The molecule has 1 aliphatic rings. The van der Waals surface area contributed by atoms with Gasteiger partial charge in [-0.3, -0.25) is 4.79 Å². The number of carbonyl (C=O) groups excluding carboxylic acids is 1. The van der Waals surface area contributed by atoms with Gasteiger partial charge in [0.15, 0.2) is 8.32 Å². The fraction of sp³-hybridized carbons (Fsp3) is 0.955. The summed E-state index contributed by atoms with van der Waals surface area (Å²) in [7, 11) is -2.58. The molecule has 0 amide bonds. The molecule has 28 heavy (non-hydrogen) atoms. The summed E-state index contributed by atoms with van der Waals surface area (Å²) in [6.07, 6.45) is 7.33. The largest absolute Gasteiger partial charge is 0.466 e. The Morgan fingerprint density at radius 2 is 1.64 bits per heavy atom. The van der Waals surface area contributed by atoms with Gasteiger partial charge < -0.3 is 14.9 Å². The van der Waals surface area contributed by atoms with E-state index in [9.17, 15) is 4.79 Å². The fourth-order valence-corrected chi connectivity index (χ4v) is 9.34. The van der Waals surface area contributed by atoms with E-state index in [1.165, 1.54) is 12.5 Å². The molecule has 0 aromatic carbocycles. The van der Waals surface area contributed by atoms with Crippen LogP contribution >= 0.6 is 0 Å². The molecule has 1 unspecified atom stereocenters. The molecule has 1 rings (SSSR count). The molecule has 0 aromatic heterocycles. The van der Waals surface area contributed by atoms with Gasteiger partial charge in [-0.05, 0) is 84.0 Å². The topological polar surface area (TPSA) is 61.5 Å². The molecule has 1 heterocycles. The molecule has 1 aliphatic heterocycles. The summed E-state index contributed by atoms with van der Waals surface area (Å²) in [4.78, 5) is 10.5. The molecule has 2 N–H and O–H groups in total. The van der Waals surface area contributed by atoms with Gasteiger partial charge >= 0.3 is 5.97 Å². The third kappa shape index (κ3) is 15.7. The zero-order valence-electron chi connectivity index (χ0n) is 20.4. The monoisotopic (exact) mass is 431 g/mol. The number of nitrogens with two attached hydrogens (primary N) is 1. The van der Waals surface area contributed by atoms with Gasteiger partial charge in [-0.2, -0.15) is 0 Å². The van der Waals surface area contributed by atoms with Crippen LogP contribution in [0.4, 0.5) is 0 Å². The Labute approximate surface area is 177 Å². The molecule has 1 fully saturated rings. The number of hydrogen-bond acceptors (Lipinski definition) is 4. The first-order valence-electron chi connectivity index (χ1n) is 11.1. The standard InChI is InChI=1S/C16H39NOSi2.C6H10O2/c1-15(2,18-20(7,8)9)13-16(3,11-10-12-17)14-19(4,5)6;7-6-4-2-1-3-5-8-6/h10-14,17H2,1-9H3;1-5H2. The van der Waals surface area contributed by atoms with E-state index in [0.29, 0.717) is 18.4 Å². The van der Waals surface area contributed by atoms with E-state index >= 15 is 0 Å². The molecule has 0 aliphatic carbocycles. The summed E-state index contributed by atoms with van der Waals surface area (Å²) in [5, 5.41) is 0. The third-order valence-corrected chi connectivity index (χ3v) is 7.74. The molecule has 0 spiro atoms. The Hall–Kier alpha value is -0.176. The Morgan fingerprint density at radius 1 is 1.04 bits per heavy atom. The highest BCUT2D eigenvalue weighted by Crippen LogP contribution is 2.42. The molecular formula is C22H49NO3Si2. The summed E-state index contributed by atoms with van der Waals surface area (Å²) in [6, 6.07) is 1.36. The van der Waals surface area contributed by atoms with Crippen LogP contribution in [-0.4, -0.2) is 41.1 Å². The van der Waals surface area contributed by atoms with E-state index in [1.54, 1.807) is 0 Å².